The van der Waals surface area contributed by atoms with E-state index in [1.165, 1.54) is 0 Å². The fourth-order valence-electron chi connectivity index (χ4n) is 3.25. The Morgan fingerprint density at radius 1 is 1.12 bits per heavy atom. The van der Waals surface area contributed by atoms with Crippen molar-refractivity contribution in [3.8, 4) is 0 Å². The lowest BCUT2D eigenvalue weighted by molar-refractivity contribution is -0.137. The minimum Gasteiger partial charge on any atom is -0.337 e. The van der Waals surface area contributed by atoms with E-state index >= 15 is 0 Å². The molecule has 4 nitrogen and oxygen atoms in total. The molecule has 1 aliphatic rings. The summed E-state index contributed by atoms with van der Waals surface area (Å²) >= 11 is 12.2. The van der Waals surface area contributed by atoms with Crippen LogP contribution in [-0.2, 0) is 11.3 Å². The molecule has 2 rings (SSSR count). The molecule has 0 bridgehead atoms. The van der Waals surface area contributed by atoms with Crippen LogP contribution in [0.4, 0.5) is 0 Å². The number of rotatable bonds is 8. The molecule has 1 aromatic carbocycles. The van der Waals surface area contributed by atoms with Gasteiger partial charge in [-0.3, -0.25) is 4.79 Å². The molecule has 0 saturated carbocycles. The van der Waals surface area contributed by atoms with E-state index in [-0.39, 0.29) is 24.2 Å². The van der Waals surface area contributed by atoms with Crippen molar-refractivity contribution in [1.29, 1.82) is 0 Å². The van der Waals surface area contributed by atoms with Crippen molar-refractivity contribution >= 4 is 41.5 Å². The summed E-state index contributed by atoms with van der Waals surface area (Å²) in [5.74, 6) is 0.389. The van der Waals surface area contributed by atoms with Gasteiger partial charge in [-0.05, 0) is 56.7 Å². The zero-order chi connectivity index (χ0) is 18.2. The molecule has 1 aliphatic heterocycles. The van der Waals surface area contributed by atoms with E-state index in [1.54, 1.807) is 6.07 Å². The normalized spacial score (nSPS) is 15.0. The second-order valence-electron chi connectivity index (χ2n) is 6.56. The summed E-state index contributed by atoms with van der Waals surface area (Å²) in [6.07, 6.45) is 1.84. The minimum absolute atomic E-state index is 0. The van der Waals surface area contributed by atoms with Gasteiger partial charge in [0.05, 0.1) is 10.0 Å². The topological polar surface area (TPSA) is 35.6 Å². The Bertz CT molecular complexity index is 561. The van der Waals surface area contributed by atoms with Crippen LogP contribution in [0, 0.1) is 5.92 Å². The number of nitrogens with zero attached hydrogens (tertiary/aromatic N) is 2. The zero-order valence-corrected chi connectivity index (χ0v) is 18.0. The second kappa shape index (κ2) is 12.0. The summed E-state index contributed by atoms with van der Waals surface area (Å²) in [7, 11) is 0. The molecule has 1 fully saturated rings. The Balaban J connectivity index is 0.00000338. The third kappa shape index (κ3) is 6.90. The Labute approximate surface area is 173 Å². The Hall–Kier alpha value is -0.520. The molecule has 0 unspecified atom stereocenters. The third-order valence-electron chi connectivity index (χ3n) is 4.94. The number of amides is 1. The lowest BCUT2D eigenvalue weighted by atomic mass is 9.96. The maximum Gasteiger partial charge on any atom is 0.226 e. The summed E-state index contributed by atoms with van der Waals surface area (Å²) in [6, 6.07) is 5.62. The lowest BCUT2D eigenvalue weighted by Crippen LogP contribution is -2.43. The van der Waals surface area contributed by atoms with E-state index in [1.807, 2.05) is 17.0 Å². The van der Waals surface area contributed by atoms with Gasteiger partial charge in [-0.1, -0.05) is 43.1 Å². The van der Waals surface area contributed by atoms with E-state index in [4.69, 9.17) is 23.2 Å². The fraction of sp³-hybridized carbons (Fsp3) is 0.632. The number of halogens is 3. The number of likely N-dealkylation sites (N-methyl/N-ethyl adjacent to an activating group) is 1. The molecule has 148 valence electrons. The molecule has 1 saturated heterocycles. The maximum atomic E-state index is 13.1. The van der Waals surface area contributed by atoms with Gasteiger partial charge in [0.1, 0.15) is 0 Å². The van der Waals surface area contributed by atoms with Crippen LogP contribution in [0.5, 0.6) is 0 Å². The summed E-state index contributed by atoms with van der Waals surface area (Å²) in [4.78, 5) is 17.4. The van der Waals surface area contributed by atoms with Crippen molar-refractivity contribution in [2.24, 2.45) is 5.92 Å². The van der Waals surface area contributed by atoms with Gasteiger partial charge in [-0.15, -0.1) is 12.4 Å². The van der Waals surface area contributed by atoms with Gasteiger partial charge >= 0.3 is 0 Å². The number of nitrogens with one attached hydrogen (secondary N) is 1. The van der Waals surface area contributed by atoms with Crippen LogP contribution in [0.1, 0.15) is 32.3 Å². The molecule has 7 heteroatoms. The Morgan fingerprint density at radius 2 is 1.77 bits per heavy atom. The second-order valence-corrected chi connectivity index (χ2v) is 7.37. The molecule has 1 heterocycles. The molecule has 0 radical (unpaired) electrons. The highest BCUT2D eigenvalue weighted by Crippen LogP contribution is 2.24. The highest BCUT2D eigenvalue weighted by atomic mass is 35.5. The lowest BCUT2D eigenvalue weighted by Gasteiger charge is -2.31. The van der Waals surface area contributed by atoms with E-state index in [0.29, 0.717) is 16.6 Å². The van der Waals surface area contributed by atoms with Gasteiger partial charge in [-0.25, -0.2) is 0 Å². The maximum absolute atomic E-state index is 13.1. The largest absolute Gasteiger partial charge is 0.337 e. The van der Waals surface area contributed by atoms with Crippen LogP contribution in [-0.4, -0.2) is 55.0 Å². The van der Waals surface area contributed by atoms with E-state index < -0.39 is 0 Å². The number of carbonyl (C=O) groups is 1. The highest BCUT2D eigenvalue weighted by molar-refractivity contribution is 6.42. The number of benzene rings is 1. The van der Waals surface area contributed by atoms with Crippen LogP contribution in [0.2, 0.25) is 10.0 Å². The Morgan fingerprint density at radius 3 is 2.35 bits per heavy atom. The quantitative estimate of drug-likeness (QED) is 0.685. The first-order valence-electron chi connectivity index (χ1n) is 9.20. The first-order chi connectivity index (χ1) is 12.0. The predicted octanol–water partition coefficient (Wildman–Crippen LogP) is 4.09. The SMILES string of the molecule is CCN(CC)CCN(Cc1ccc(Cl)c(Cl)c1)C(=O)C1CCNCC1.Cl. The number of carbonyl (C=O) groups excluding carboxylic acids is 1. The predicted molar refractivity (Wildman–Crippen MR) is 113 cm³/mol. The van der Waals surface area contributed by atoms with Gasteiger partial charge in [0.25, 0.3) is 0 Å². The van der Waals surface area contributed by atoms with Crippen molar-refractivity contribution in [3.63, 3.8) is 0 Å². The summed E-state index contributed by atoms with van der Waals surface area (Å²) in [5, 5.41) is 4.41. The van der Waals surface area contributed by atoms with Crippen LogP contribution in [0.15, 0.2) is 18.2 Å². The standard InChI is InChI=1S/C19H29Cl2N3O.ClH/c1-3-23(4-2)11-12-24(19(25)16-7-9-22-10-8-16)14-15-5-6-17(20)18(21)13-15;/h5-6,13,16,22H,3-4,7-12,14H2,1-2H3;1H. The van der Waals surface area contributed by atoms with Gasteiger partial charge in [0.2, 0.25) is 5.91 Å². The van der Waals surface area contributed by atoms with E-state index in [2.05, 4.69) is 24.1 Å². The van der Waals surface area contributed by atoms with Crippen molar-refractivity contribution < 1.29 is 4.79 Å². The van der Waals surface area contributed by atoms with Crippen LogP contribution >= 0.6 is 35.6 Å². The minimum atomic E-state index is 0. The molecule has 0 spiro atoms. The fourth-order valence-corrected chi connectivity index (χ4v) is 3.58. The smallest absolute Gasteiger partial charge is 0.226 e. The Kier molecular flexibility index (Phi) is 10.9. The molecule has 1 amide bonds. The van der Waals surface area contributed by atoms with Crippen molar-refractivity contribution in [1.82, 2.24) is 15.1 Å². The number of hydrogen-bond donors (Lipinski definition) is 1. The third-order valence-corrected chi connectivity index (χ3v) is 5.68. The first kappa shape index (κ1) is 23.5. The number of piperidine rings is 1. The average Bonchev–Trinajstić information content (AvgIpc) is 2.64. The zero-order valence-electron chi connectivity index (χ0n) is 15.6. The summed E-state index contributed by atoms with van der Waals surface area (Å²) in [5.41, 5.74) is 1.02. The summed E-state index contributed by atoms with van der Waals surface area (Å²) in [6.45, 7) is 10.4. The van der Waals surface area contributed by atoms with E-state index in [0.717, 1.165) is 57.7 Å². The molecular formula is C19H30Cl3N3O. The number of hydrogen-bond acceptors (Lipinski definition) is 3. The first-order valence-corrected chi connectivity index (χ1v) is 9.96. The molecule has 0 aliphatic carbocycles. The highest BCUT2D eigenvalue weighted by Gasteiger charge is 2.26. The average molecular weight is 423 g/mol. The monoisotopic (exact) mass is 421 g/mol. The van der Waals surface area contributed by atoms with Gasteiger partial charge < -0.3 is 15.1 Å². The van der Waals surface area contributed by atoms with Crippen LogP contribution in [0.25, 0.3) is 0 Å². The van der Waals surface area contributed by atoms with Gasteiger partial charge in [0, 0.05) is 25.6 Å². The van der Waals surface area contributed by atoms with Gasteiger partial charge in [0.15, 0.2) is 0 Å². The molecule has 1 aromatic rings. The van der Waals surface area contributed by atoms with Crippen molar-refractivity contribution in [2.75, 3.05) is 39.3 Å². The molecule has 26 heavy (non-hydrogen) atoms. The molecule has 1 N–H and O–H groups in total. The molecule has 0 atom stereocenters. The van der Waals surface area contributed by atoms with Crippen LogP contribution < -0.4 is 5.32 Å². The van der Waals surface area contributed by atoms with E-state index in [9.17, 15) is 4.79 Å². The molecule has 0 aromatic heterocycles. The van der Waals surface area contributed by atoms with Crippen LogP contribution in [0.3, 0.4) is 0 Å². The van der Waals surface area contributed by atoms with Gasteiger partial charge in [-0.2, -0.15) is 0 Å². The molecular weight excluding hydrogens is 393 g/mol. The summed E-state index contributed by atoms with van der Waals surface area (Å²) < 4.78 is 0. The van der Waals surface area contributed by atoms with Crippen molar-refractivity contribution in [3.05, 3.63) is 33.8 Å². The van der Waals surface area contributed by atoms with Crippen molar-refractivity contribution in [2.45, 2.75) is 33.2 Å².